The van der Waals surface area contributed by atoms with Gasteiger partial charge in [-0.3, -0.25) is 0 Å². The molecule has 7 nitrogen and oxygen atoms in total. The number of aromatic nitrogens is 4. The van der Waals surface area contributed by atoms with E-state index in [2.05, 4.69) is 37.5 Å². The Morgan fingerprint density at radius 1 is 1.21 bits per heavy atom. The van der Waals surface area contributed by atoms with E-state index in [-0.39, 0.29) is 22.2 Å². The smallest absolute Gasteiger partial charge is 0.225 e. The van der Waals surface area contributed by atoms with Crippen molar-refractivity contribution in [1.29, 1.82) is 0 Å². The number of benzene rings is 1. The zero-order chi connectivity index (χ0) is 19.8. The molecule has 1 aliphatic carbocycles. The van der Waals surface area contributed by atoms with Gasteiger partial charge < -0.3 is 20.7 Å². The first-order chi connectivity index (χ1) is 13.4. The number of halogens is 3. The molecule has 1 aromatic carbocycles. The highest BCUT2D eigenvalue weighted by Gasteiger charge is 2.26. The topological polar surface area (TPSA) is 98.8 Å². The third-order valence-electron chi connectivity index (χ3n) is 4.98. The average Bonchev–Trinajstić information content (AvgIpc) is 3.03. The van der Waals surface area contributed by atoms with Gasteiger partial charge in [0.2, 0.25) is 11.9 Å². The molecule has 0 unspecified atom stereocenters. The van der Waals surface area contributed by atoms with Gasteiger partial charge in [0, 0.05) is 6.04 Å². The fourth-order valence-corrected chi connectivity index (χ4v) is 3.88. The largest absolute Gasteiger partial charge is 0.393 e. The number of aliphatic hydroxyl groups is 1. The molecule has 4 rings (SSSR count). The Morgan fingerprint density at radius 2 is 1.96 bits per heavy atom. The number of nitrogens with zero attached hydrogens (tertiary/aromatic N) is 3. The minimum Gasteiger partial charge on any atom is -0.393 e. The maximum atomic E-state index is 13.3. The highest BCUT2D eigenvalue weighted by Crippen LogP contribution is 2.33. The lowest BCUT2D eigenvalue weighted by Crippen LogP contribution is -2.35. The molecular formula is C18H19Cl2FN6O. The molecule has 28 heavy (non-hydrogen) atoms. The minimum atomic E-state index is -0.519. The van der Waals surface area contributed by atoms with Gasteiger partial charge in [-0.05, 0) is 37.3 Å². The Labute approximate surface area is 170 Å². The molecule has 0 amide bonds. The summed E-state index contributed by atoms with van der Waals surface area (Å²) < 4.78 is 13.3. The monoisotopic (exact) mass is 424 g/mol. The highest BCUT2D eigenvalue weighted by atomic mass is 35.5. The van der Waals surface area contributed by atoms with E-state index in [1.54, 1.807) is 6.20 Å². The predicted octanol–water partition coefficient (Wildman–Crippen LogP) is 4.50. The van der Waals surface area contributed by atoms with Gasteiger partial charge in [-0.2, -0.15) is 9.97 Å². The molecule has 2 heterocycles. The third kappa shape index (κ3) is 3.99. The van der Waals surface area contributed by atoms with Gasteiger partial charge in [-0.25, -0.2) is 9.37 Å². The second kappa shape index (κ2) is 7.69. The van der Waals surface area contributed by atoms with Gasteiger partial charge in [-0.1, -0.05) is 30.1 Å². The fourth-order valence-electron chi connectivity index (χ4n) is 3.33. The number of anilines is 3. The van der Waals surface area contributed by atoms with Gasteiger partial charge in [0.15, 0.2) is 5.65 Å². The van der Waals surface area contributed by atoms with Crippen molar-refractivity contribution >= 4 is 51.9 Å². The van der Waals surface area contributed by atoms with Crippen molar-refractivity contribution in [1.82, 2.24) is 19.9 Å². The van der Waals surface area contributed by atoms with Gasteiger partial charge in [0.1, 0.15) is 11.3 Å². The van der Waals surface area contributed by atoms with Gasteiger partial charge in [0.25, 0.3) is 0 Å². The molecule has 10 heteroatoms. The first-order valence-corrected chi connectivity index (χ1v) is 9.73. The molecule has 1 saturated carbocycles. The van der Waals surface area contributed by atoms with E-state index >= 15 is 0 Å². The number of rotatable bonds is 4. The molecular weight excluding hydrogens is 406 g/mol. The average molecular weight is 425 g/mol. The summed E-state index contributed by atoms with van der Waals surface area (Å²) in [5.74, 6) is 0.606. The molecule has 3 atom stereocenters. The Hall–Kier alpha value is -2.16. The molecule has 4 N–H and O–H groups in total. The van der Waals surface area contributed by atoms with E-state index in [4.69, 9.17) is 23.2 Å². The van der Waals surface area contributed by atoms with Crippen LogP contribution in [0, 0.1) is 11.7 Å². The summed E-state index contributed by atoms with van der Waals surface area (Å²) in [7, 11) is 0. The number of aliphatic hydroxyl groups excluding tert-OH is 1. The van der Waals surface area contributed by atoms with Crippen molar-refractivity contribution in [3.05, 3.63) is 34.2 Å². The Balaban J connectivity index is 1.52. The summed E-state index contributed by atoms with van der Waals surface area (Å²) >= 11 is 12.1. The normalized spacial score (nSPS) is 22.4. The molecule has 0 aliphatic heterocycles. The summed E-state index contributed by atoms with van der Waals surface area (Å²) in [4.78, 5) is 16.1. The number of hydrogen-bond acceptors (Lipinski definition) is 6. The first-order valence-electron chi connectivity index (χ1n) is 8.98. The summed E-state index contributed by atoms with van der Waals surface area (Å²) in [5, 5.41) is 16.6. The van der Waals surface area contributed by atoms with Crippen LogP contribution in [-0.2, 0) is 0 Å². The minimum absolute atomic E-state index is 0.122. The second-order valence-corrected chi connectivity index (χ2v) is 7.90. The highest BCUT2D eigenvalue weighted by molar-refractivity contribution is 6.39. The molecule has 2 aromatic heterocycles. The summed E-state index contributed by atoms with van der Waals surface area (Å²) in [6.45, 7) is 2.06. The number of fused-ring (bicyclic) bond motifs is 1. The maximum Gasteiger partial charge on any atom is 0.225 e. The fraction of sp³-hybridized carbons (Fsp3) is 0.389. The molecule has 0 bridgehead atoms. The van der Waals surface area contributed by atoms with Crippen LogP contribution in [0.3, 0.4) is 0 Å². The van der Waals surface area contributed by atoms with Gasteiger partial charge in [0.05, 0.1) is 28.0 Å². The third-order valence-corrected chi connectivity index (χ3v) is 5.57. The van der Waals surface area contributed by atoms with Crippen molar-refractivity contribution in [3.8, 4) is 0 Å². The molecule has 0 radical (unpaired) electrons. The zero-order valence-corrected chi connectivity index (χ0v) is 16.5. The Morgan fingerprint density at radius 3 is 2.68 bits per heavy atom. The molecule has 3 aromatic rings. The van der Waals surface area contributed by atoms with Crippen LogP contribution in [0.25, 0.3) is 11.2 Å². The molecule has 0 saturated heterocycles. The van der Waals surface area contributed by atoms with Crippen molar-refractivity contribution in [2.75, 3.05) is 10.6 Å². The van der Waals surface area contributed by atoms with Crippen LogP contribution in [0.4, 0.5) is 22.0 Å². The number of hydrogen-bond donors (Lipinski definition) is 4. The van der Waals surface area contributed by atoms with Gasteiger partial charge >= 0.3 is 0 Å². The van der Waals surface area contributed by atoms with E-state index in [1.165, 1.54) is 12.1 Å². The summed E-state index contributed by atoms with van der Waals surface area (Å²) in [5.41, 5.74) is 1.43. The van der Waals surface area contributed by atoms with Crippen LogP contribution in [0.1, 0.15) is 26.2 Å². The Kier molecular flexibility index (Phi) is 5.27. The van der Waals surface area contributed by atoms with E-state index in [0.29, 0.717) is 41.1 Å². The van der Waals surface area contributed by atoms with E-state index in [1.807, 2.05) is 0 Å². The van der Waals surface area contributed by atoms with Crippen LogP contribution in [0.5, 0.6) is 0 Å². The molecule has 148 valence electrons. The van der Waals surface area contributed by atoms with Crippen LogP contribution >= 0.6 is 23.2 Å². The second-order valence-electron chi connectivity index (χ2n) is 7.08. The standard InChI is InChI=1S/C18H19Cl2FN6O/c1-8-2-3-10(6-14(8)28)23-17-22-7-13-16(26-17)27-18(24-13)25-15-11(19)4-9(21)5-12(15)20/h4-5,7-8,10,14,28H,2-3,6H2,1H3,(H3,22,23,24,25,26,27)/t8-,10-,14-/m1/s1. The summed E-state index contributed by atoms with van der Waals surface area (Å²) in [6, 6.07) is 2.45. The SMILES string of the molecule is C[C@@H]1CC[C@@H](Nc2ncc3[nH]c(Nc4c(Cl)cc(F)cc4Cl)nc3n2)C[C@H]1O. The number of imidazole rings is 1. The molecule has 1 aliphatic rings. The van der Waals surface area contributed by atoms with Crippen molar-refractivity contribution in [2.45, 2.75) is 38.3 Å². The van der Waals surface area contributed by atoms with Crippen molar-refractivity contribution in [3.63, 3.8) is 0 Å². The quantitative estimate of drug-likeness (QED) is 0.491. The van der Waals surface area contributed by atoms with Gasteiger partial charge in [-0.15, -0.1) is 0 Å². The molecule has 1 fully saturated rings. The van der Waals surface area contributed by atoms with Crippen LogP contribution in [0.15, 0.2) is 18.3 Å². The van der Waals surface area contributed by atoms with Crippen LogP contribution in [0.2, 0.25) is 10.0 Å². The Bertz CT molecular complexity index is 990. The zero-order valence-electron chi connectivity index (χ0n) is 15.0. The van der Waals surface area contributed by atoms with Crippen LogP contribution in [-0.4, -0.2) is 37.2 Å². The number of aromatic amines is 1. The predicted molar refractivity (Wildman–Crippen MR) is 108 cm³/mol. The van der Waals surface area contributed by atoms with E-state index < -0.39 is 5.82 Å². The summed E-state index contributed by atoms with van der Waals surface area (Å²) in [6.07, 6.45) is 3.88. The first kappa shape index (κ1) is 19.2. The van der Waals surface area contributed by atoms with E-state index in [9.17, 15) is 9.50 Å². The van der Waals surface area contributed by atoms with Crippen molar-refractivity contribution in [2.24, 2.45) is 5.92 Å². The number of H-pyrrole nitrogens is 1. The number of nitrogens with one attached hydrogen (secondary N) is 3. The lowest BCUT2D eigenvalue weighted by atomic mass is 9.85. The molecule has 0 spiro atoms. The lowest BCUT2D eigenvalue weighted by Gasteiger charge is -2.31. The van der Waals surface area contributed by atoms with E-state index in [0.717, 1.165) is 12.8 Å². The maximum absolute atomic E-state index is 13.3. The van der Waals surface area contributed by atoms with Crippen LogP contribution < -0.4 is 10.6 Å². The van der Waals surface area contributed by atoms with Crippen molar-refractivity contribution < 1.29 is 9.50 Å². The lowest BCUT2D eigenvalue weighted by molar-refractivity contribution is 0.0739.